The molecule has 1 atom stereocenters. The van der Waals surface area contributed by atoms with Crippen LogP contribution in [0.25, 0.3) is 5.69 Å². The van der Waals surface area contributed by atoms with Crippen LogP contribution in [0.4, 0.5) is 20.2 Å². The summed E-state index contributed by atoms with van der Waals surface area (Å²) in [5, 5.41) is 9.36. The maximum absolute atomic E-state index is 13.9. The Hall–Kier alpha value is -3.75. The van der Waals surface area contributed by atoms with E-state index in [9.17, 15) is 18.4 Å². The summed E-state index contributed by atoms with van der Waals surface area (Å²) in [6.07, 6.45) is 0.803. The fourth-order valence-corrected chi connectivity index (χ4v) is 2.73. The molecule has 1 unspecified atom stereocenters. The van der Waals surface area contributed by atoms with Gasteiger partial charge < -0.3 is 15.4 Å². The zero-order valence-electron chi connectivity index (χ0n) is 14.6. The van der Waals surface area contributed by atoms with E-state index >= 15 is 0 Å². The first-order chi connectivity index (χ1) is 13.4. The third-order valence-electron chi connectivity index (χ3n) is 4.15. The molecule has 2 N–H and O–H groups in total. The summed E-state index contributed by atoms with van der Waals surface area (Å²) < 4.78 is 33.5. The predicted molar refractivity (Wildman–Crippen MR) is 96.6 cm³/mol. The standard InChI is InChI=1S/C19H14F2N4O3/c1-10-18(26)23-15-9-12(3-5-17(15)28-10)22-19(27)14-6-7-25(24-14)16-4-2-11(20)8-13(16)21/h2-10H,1H3,(H,22,27)(H,23,26). The van der Waals surface area contributed by atoms with E-state index in [-0.39, 0.29) is 17.3 Å². The average Bonchev–Trinajstić information content (AvgIpc) is 3.13. The molecule has 1 aliphatic heterocycles. The Kier molecular flexibility index (Phi) is 4.26. The molecule has 2 heterocycles. The van der Waals surface area contributed by atoms with Crippen molar-refractivity contribution in [2.45, 2.75) is 13.0 Å². The fourth-order valence-electron chi connectivity index (χ4n) is 2.73. The maximum atomic E-state index is 13.9. The molecule has 1 aromatic heterocycles. The molecule has 4 rings (SSSR count). The van der Waals surface area contributed by atoms with Gasteiger partial charge in [-0.15, -0.1) is 0 Å². The molecule has 0 saturated carbocycles. The molecule has 2 aromatic carbocycles. The molecule has 0 spiro atoms. The highest BCUT2D eigenvalue weighted by molar-refractivity contribution is 6.04. The van der Waals surface area contributed by atoms with Gasteiger partial charge in [0.2, 0.25) is 0 Å². The number of anilines is 2. The van der Waals surface area contributed by atoms with Gasteiger partial charge in [-0.05, 0) is 43.3 Å². The van der Waals surface area contributed by atoms with Crippen molar-refractivity contribution < 1.29 is 23.1 Å². The highest BCUT2D eigenvalue weighted by atomic mass is 19.1. The van der Waals surface area contributed by atoms with Crippen molar-refractivity contribution in [2.24, 2.45) is 0 Å². The number of benzene rings is 2. The van der Waals surface area contributed by atoms with Gasteiger partial charge in [-0.1, -0.05) is 0 Å². The quantitative estimate of drug-likeness (QED) is 0.727. The second-order valence-electron chi connectivity index (χ2n) is 6.16. The molecular weight excluding hydrogens is 370 g/mol. The number of carbonyl (C=O) groups is 2. The number of nitrogens with one attached hydrogen (secondary N) is 2. The number of nitrogens with zero attached hydrogens (tertiary/aromatic N) is 2. The Morgan fingerprint density at radius 2 is 2.04 bits per heavy atom. The monoisotopic (exact) mass is 384 g/mol. The first kappa shape index (κ1) is 17.7. The molecule has 9 heteroatoms. The van der Waals surface area contributed by atoms with E-state index in [1.54, 1.807) is 25.1 Å². The van der Waals surface area contributed by atoms with Crippen LogP contribution in [0.2, 0.25) is 0 Å². The summed E-state index contributed by atoms with van der Waals surface area (Å²) in [5.74, 6) is -1.81. The number of fused-ring (bicyclic) bond motifs is 1. The van der Waals surface area contributed by atoms with E-state index in [4.69, 9.17) is 4.74 Å². The van der Waals surface area contributed by atoms with Crippen molar-refractivity contribution in [3.8, 4) is 11.4 Å². The Morgan fingerprint density at radius 3 is 2.82 bits per heavy atom. The first-order valence-corrected chi connectivity index (χ1v) is 8.35. The molecule has 0 saturated heterocycles. The highest BCUT2D eigenvalue weighted by Gasteiger charge is 2.24. The third-order valence-corrected chi connectivity index (χ3v) is 4.15. The number of hydrogen-bond donors (Lipinski definition) is 2. The van der Waals surface area contributed by atoms with Gasteiger partial charge in [-0.25, -0.2) is 13.5 Å². The van der Waals surface area contributed by atoms with Gasteiger partial charge in [0.25, 0.3) is 11.8 Å². The lowest BCUT2D eigenvalue weighted by Gasteiger charge is -2.23. The number of carbonyl (C=O) groups excluding carboxylic acids is 2. The molecule has 0 fully saturated rings. The lowest BCUT2D eigenvalue weighted by molar-refractivity contribution is -0.122. The number of rotatable bonds is 3. The van der Waals surface area contributed by atoms with Crippen LogP contribution in [0.1, 0.15) is 17.4 Å². The zero-order valence-corrected chi connectivity index (χ0v) is 14.6. The summed E-state index contributed by atoms with van der Waals surface area (Å²) in [4.78, 5) is 24.1. The SMILES string of the molecule is CC1Oc2ccc(NC(=O)c3ccn(-c4ccc(F)cc4F)n3)cc2NC1=O. The summed E-state index contributed by atoms with van der Waals surface area (Å²) in [7, 11) is 0. The number of ether oxygens (including phenoxy) is 1. The smallest absolute Gasteiger partial charge is 0.276 e. The van der Waals surface area contributed by atoms with Gasteiger partial charge in [-0.3, -0.25) is 9.59 Å². The van der Waals surface area contributed by atoms with Crippen molar-refractivity contribution in [1.29, 1.82) is 0 Å². The third kappa shape index (κ3) is 3.29. The molecule has 0 aliphatic carbocycles. The Morgan fingerprint density at radius 1 is 1.21 bits per heavy atom. The highest BCUT2D eigenvalue weighted by Crippen LogP contribution is 2.32. The summed E-state index contributed by atoms with van der Waals surface area (Å²) in [6, 6.07) is 9.29. The Labute approximate surface area is 157 Å². The van der Waals surface area contributed by atoms with Crippen molar-refractivity contribution >= 4 is 23.2 Å². The number of amides is 2. The van der Waals surface area contributed by atoms with Crippen LogP contribution in [-0.4, -0.2) is 27.7 Å². The largest absolute Gasteiger partial charge is 0.479 e. The van der Waals surface area contributed by atoms with Gasteiger partial charge in [0.05, 0.1) is 5.69 Å². The van der Waals surface area contributed by atoms with Crippen molar-refractivity contribution in [1.82, 2.24) is 9.78 Å². The van der Waals surface area contributed by atoms with E-state index < -0.39 is 23.6 Å². The number of aromatic nitrogens is 2. The van der Waals surface area contributed by atoms with Crippen LogP contribution in [0.5, 0.6) is 5.75 Å². The minimum absolute atomic E-state index is 0.0169. The van der Waals surface area contributed by atoms with Crippen molar-refractivity contribution in [3.05, 3.63) is 66.0 Å². The molecule has 142 valence electrons. The molecule has 0 radical (unpaired) electrons. The minimum atomic E-state index is -0.797. The second-order valence-corrected chi connectivity index (χ2v) is 6.16. The maximum Gasteiger partial charge on any atom is 0.276 e. The summed E-state index contributed by atoms with van der Waals surface area (Å²) >= 11 is 0. The van der Waals surface area contributed by atoms with Crippen molar-refractivity contribution in [3.63, 3.8) is 0 Å². The van der Waals surface area contributed by atoms with Gasteiger partial charge in [0.15, 0.2) is 17.6 Å². The van der Waals surface area contributed by atoms with Crippen LogP contribution in [0.3, 0.4) is 0 Å². The minimum Gasteiger partial charge on any atom is -0.479 e. The van der Waals surface area contributed by atoms with Gasteiger partial charge >= 0.3 is 0 Å². The Bertz CT molecular complexity index is 1100. The summed E-state index contributed by atoms with van der Waals surface area (Å²) in [5.41, 5.74) is 0.920. The zero-order chi connectivity index (χ0) is 19.8. The fraction of sp³-hybridized carbons (Fsp3) is 0.105. The lowest BCUT2D eigenvalue weighted by atomic mass is 10.2. The van der Waals surface area contributed by atoms with Gasteiger partial charge in [0.1, 0.15) is 17.3 Å². The van der Waals surface area contributed by atoms with E-state index in [1.165, 1.54) is 18.3 Å². The van der Waals surface area contributed by atoms with Crippen LogP contribution in [0, 0.1) is 11.6 Å². The van der Waals surface area contributed by atoms with Crippen LogP contribution in [-0.2, 0) is 4.79 Å². The normalized spacial score (nSPS) is 15.4. The van der Waals surface area contributed by atoms with E-state index in [2.05, 4.69) is 15.7 Å². The van der Waals surface area contributed by atoms with Crippen molar-refractivity contribution in [2.75, 3.05) is 10.6 Å². The summed E-state index contributed by atoms with van der Waals surface area (Å²) in [6.45, 7) is 1.63. The van der Waals surface area contributed by atoms with Crippen LogP contribution in [0.15, 0.2) is 48.7 Å². The Balaban J connectivity index is 1.53. The first-order valence-electron chi connectivity index (χ1n) is 8.35. The lowest BCUT2D eigenvalue weighted by Crippen LogP contribution is -2.34. The van der Waals surface area contributed by atoms with Gasteiger partial charge in [-0.2, -0.15) is 5.10 Å². The molecule has 0 bridgehead atoms. The number of hydrogen-bond acceptors (Lipinski definition) is 4. The molecule has 1 aliphatic rings. The van der Waals surface area contributed by atoms with E-state index in [0.29, 0.717) is 17.1 Å². The average molecular weight is 384 g/mol. The predicted octanol–water partition coefficient (Wildman–Crippen LogP) is 3.12. The van der Waals surface area contributed by atoms with E-state index in [1.807, 2.05) is 0 Å². The molecule has 7 nitrogen and oxygen atoms in total. The van der Waals surface area contributed by atoms with E-state index in [0.717, 1.165) is 16.8 Å². The second kappa shape index (κ2) is 6.76. The van der Waals surface area contributed by atoms with Crippen LogP contribution >= 0.6 is 0 Å². The topological polar surface area (TPSA) is 85.2 Å². The van der Waals surface area contributed by atoms with Gasteiger partial charge in [0, 0.05) is 18.0 Å². The molecular formula is C19H14F2N4O3. The molecule has 3 aromatic rings. The number of halogens is 2. The van der Waals surface area contributed by atoms with Crippen LogP contribution < -0.4 is 15.4 Å². The molecule has 28 heavy (non-hydrogen) atoms. The molecule has 2 amide bonds.